The Labute approximate surface area is 84.9 Å². The molecule has 2 heterocycles. The molecule has 78 valence electrons. The minimum absolute atomic E-state index is 0.438. The summed E-state index contributed by atoms with van der Waals surface area (Å²) in [6.07, 6.45) is 5.32. The van der Waals surface area contributed by atoms with Crippen molar-refractivity contribution in [3.05, 3.63) is 17.8 Å². The summed E-state index contributed by atoms with van der Waals surface area (Å²) in [7, 11) is 0. The number of nitrogens with one attached hydrogen (secondary N) is 1. The van der Waals surface area contributed by atoms with Crippen molar-refractivity contribution >= 4 is 0 Å². The Hall–Kier alpha value is -0.830. The average Bonchev–Trinajstić information content (AvgIpc) is 2.75. The highest BCUT2D eigenvalue weighted by atomic mass is 16.4. The minimum Gasteiger partial charge on any atom is -0.445 e. The molecule has 1 saturated heterocycles. The van der Waals surface area contributed by atoms with Crippen LogP contribution in [0, 0.1) is 0 Å². The van der Waals surface area contributed by atoms with Gasteiger partial charge in [-0.05, 0) is 19.4 Å². The zero-order chi connectivity index (χ0) is 9.97. The van der Waals surface area contributed by atoms with Crippen molar-refractivity contribution in [3.8, 4) is 0 Å². The van der Waals surface area contributed by atoms with Crippen molar-refractivity contribution in [1.29, 1.82) is 0 Å². The van der Waals surface area contributed by atoms with Gasteiger partial charge >= 0.3 is 0 Å². The van der Waals surface area contributed by atoms with Crippen molar-refractivity contribution in [2.45, 2.75) is 45.1 Å². The first-order valence-corrected chi connectivity index (χ1v) is 5.43. The fraction of sp³-hybridized carbons (Fsp3) is 0.727. The lowest BCUT2D eigenvalue weighted by atomic mass is 10.1. The summed E-state index contributed by atoms with van der Waals surface area (Å²) in [4.78, 5) is 4.29. The van der Waals surface area contributed by atoms with Crippen molar-refractivity contribution in [2.75, 3.05) is 6.54 Å². The molecule has 1 aromatic rings. The molecule has 0 aromatic carbocycles. The van der Waals surface area contributed by atoms with Gasteiger partial charge in [-0.25, -0.2) is 4.98 Å². The Morgan fingerprint density at radius 3 is 3.07 bits per heavy atom. The van der Waals surface area contributed by atoms with Gasteiger partial charge in [0.25, 0.3) is 0 Å². The highest BCUT2D eigenvalue weighted by Gasteiger charge is 2.17. The molecular formula is C11H18N2O. The van der Waals surface area contributed by atoms with Gasteiger partial charge in [-0.2, -0.15) is 0 Å². The van der Waals surface area contributed by atoms with Crippen LogP contribution in [0.3, 0.4) is 0 Å². The molecule has 1 fully saturated rings. The number of aromatic nitrogens is 1. The first-order chi connectivity index (χ1) is 6.75. The summed E-state index contributed by atoms with van der Waals surface area (Å²) >= 11 is 0. The lowest BCUT2D eigenvalue weighted by Crippen LogP contribution is -2.23. The van der Waals surface area contributed by atoms with Gasteiger partial charge < -0.3 is 9.73 Å². The van der Waals surface area contributed by atoms with E-state index in [1.807, 2.05) is 6.20 Å². The quantitative estimate of drug-likeness (QED) is 0.800. The minimum atomic E-state index is 0.438. The van der Waals surface area contributed by atoms with Crippen LogP contribution in [0.25, 0.3) is 0 Å². The summed E-state index contributed by atoms with van der Waals surface area (Å²) in [5.41, 5.74) is 0. The summed E-state index contributed by atoms with van der Waals surface area (Å²) in [5.74, 6) is 2.32. The number of hydrogen-bond donors (Lipinski definition) is 1. The standard InChI is InChI=1S/C11H18N2O/c1-8(2)10-7-13-11(14-10)6-9-4-3-5-12-9/h7-9,12H,3-6H2,1-2H3. The first kappa shape index (κ1) is 9.71. The maximum atomic E-state index is 5.66. The summed E-state index contributed by atoms with van der Waals surface area (Å²) in [6.45, 7) is 5.39. The van der Waals surface area contributed by atoms with E-state index in [1.54, 1.807) is 0 Å². The first-order valence-electron chi connectivity index (χ1n) is 5.43. The Kier molecular flexibility index (Phi) is 2.87. The molecule has 1 aliphatic rings. The molecule has 14 heavy (non-hydrogen) atoms. The van der Waals surface area contributed by atoms with E-state index in [0.29, 0.717) is 12.0 Å². The van der Waals surface area contributed by atoms with Gasteiger partial charge in [-0.15, -0.1) is 0 Å². The van der Waals surface area contributed by atoms with Crippen molar-refractivity contribution in [1.82, 2.24) is 10.3 Å². The molecule has 0 amide bonds. The van der Waals surface area contributed by atoms with Crippen LogP contribution in [0.15, 0.2) is 10.6 Å². The van der Waals surface area contributed by atoms with E-state index in [2.05, 4.69) is 24.1 Å². The Morgan fingerprint density at radius 1 is 1.64 bits per heavy atom. The molecule has 1 N–H and O–H groups in total. The maximum absolute atomic E-state index is 5.66. The highest BCUT2D eigenvalue weighted by Crippen LogP contribution is 2.17. The van der Waals surface area contributed by atoms with Crippen LogP contribution in [0.4, 0.5) is 0 Å². The van der Waals surface area contributed by atoms with Crippen LogP contribution in [0.5, 0.6) is 0 Å². The largest absolute Gasteiger partial charge is 0.445 e. The monoisotopic (exact) mass is 194 g/mol. The van der Waals surface area contributed by atoms with Gasteiger partial charge in [0, 0.05) is 18.4 Å². The summed E-state index contributed by atoms with van der Waals surface area (Å²) in [5, 5.41) is 3.44. The highest BCUT2D eigenvalue weighted by molar-refractivity contribution is 5.00. The van der Waals surface area contributed by atoms with Gasteiger partial charge in [0.1, 0.15) is 5.76 Å². The van der Waals surface area contributed by atoms with E-state index in [1.165, 1.54) is 12.8 Å². The molecule has 1 aliphatic heterocycles. The number of rotatable bonds is 3. The Morgan fingerprint density at radius 2 is 2.50 bits per heavy atom. The predicted molar refractivity (Wildman–Crippen MR) is 55.3 cm³/mol. The van der Waals surface area contributed by atoms with E-state index in [0.717, 1.165) is 24.6 Å². The van der Waals surface area contributed by atoms with E-state index in [4.69, 9.17) is 4.42 Å². The number of hydrogen-bond acceptors (Lipinski definition) is 3. The molecule has 1 atom stereocenters. The van der Waals surface area contributed by atoms with Gasteiger partial charge in [-0.3, -0.25) is 0 Å². The van der Waals surface area contributed by atoms with Crippen LogP contribution in [-0.4, -0.2) is 17.6 Å². The molecule has 0 radical (unpaired) electrons. The third-order valence-electron chi connectivity index (χ3n) is 2.72. The van der Waals surface area contributed by atoms with E-state index < -0.39 is 0 Å². The van der Waals surface area contributed by atoms with Crippen molar-refractivity contribution in [2.24, 2.45) is 0 Å². The smallest absolute Gasteiger partial charge is 0.195 e. The second kappa shape index (κ2) is 4.13. The molecule has 0 saturated carbocycles. The molecule has 3 heteroatoms. The molecule has 0 aliphatic carbocycles. The lowest BCUT2D eigenvalue weighted by Gasteiger charge is -2.05. The lowest BCUT2D eigenvalue weighted by molar-refractivity contribution is 0.416. The van der Waals surface area contributed by atoms with E-state index in [-0.39, 0.29) is 0 Å². The fourth-order valence-electron chi connectivity index (χ4n) is 1.83. The van der Waals surface area contributed by atoms with Crippen molar-refractivity contribution in [3.63, 3.8) is 0 Å². The molecule has 1 aromatic heterocycles. The Balaban J connectivity index is 1.95. The van der Waals surface area contributed by atoms with Crippen LogP contribution in [-0.2, 0) is 6.42 Å². The number of oxazole rings is 1. The van der Waals surface area contributed by atoms with Crippen LogP contribution < -0.4 is 5.32 Å². The molecular weight excluding hydrogens is 176 g/mol. The zero-order valence-electron chi connectivity index (χ0n) is 8.92. The summed E-state index contributed by atoms with van der Waals surface area (Å²) < 4.78 is 5.66. The van der Waals surface area contributed by atoms with Crippen LogP contribution in [0.1, 0.15) is 44.3 Å². The van der Waals surface area contributed by atoms with E-state index in [9.17, 15) is 0 Å². The second-order valence-electron chi connectivity index (χ2n) is 4.31. The average molecular weight is 194 g/mol. The predicted octanol–water partition coefficient (Wildman–Crippen LogP) is 2.09. The van der Waals surface area contributed by atoms with Gasteiger partial charge in [0.05, 0.1) is 6.20 Å². The zero-order valence-corrected chi connectivity index (χ0v) is 8.92. The van der Waals surface area contributed by atoms with Crippen molar-refractivity contribution < 1.29 is 4.42 Å². The van der Waals surface area contributed by atoms with Gasteiger partial charge in [0.2, 0.25) is 0 Å². The molecule has 3 nitrogen and oxygen atoms in total. The molecule has 2 rings (SSSR count). The molecule has 0 bridgehead atoms. The fourth-order valence-corrected chi connectivity index (χ4v) is 1.83. The third kappa shape index (κ3) is 2.15. The molecule has 1 unspecified atom stereocenters. The Bertz CT molecular complexity index is 287. The van der Waals surface area contributed by atoms with E-state index >= 15 is 0 Å². The van der Waals surface area contributed by atoms with Crippen LogP contribution in [0.2, 0.25) is 0 Å². The number of nitrogens with zero attached hydrogens (tertiary/aromatic N) is 1. The van der Waals surface area contributed by atoms with Gasteiger partial charge in [-0.1, -0.05) is 13.8 Å². The third-order valence-corrected chi connectivity index (χ3v) is 2.72. The summed E-state index contributed by atoms with van der Waals surface area (Å²) in [6, 6.07) is 0.577. The second-order valence-corrected chi connectivity index (χ2v) is 4.31. The maximum Gasteiger partial charge on any atom is 0.195 e. The topological polar surface area (TPSA) is 38.1 Å². The van der Waals surface area contributed by atoms with Gasteiger partial charge in [0.15, 0.2) is 5.89 Å². The SMILES string of the molecule is CC(C)c1cnc(CC2CCCN2)o1. The van der Waals surface area contributed by atoms with Crippen LogP contribution >= 0.6 is 0 Å². The molecule has 0 spiro atoms. The normalized spacial score (nSPS) is 22.1.